The molecule has 3 rings (SSSR count). The van der Waals surface area contributed by atoms with Crippen LogP contribution >= 0.6 is 0 Å². The van der Waals surface area contributed by atoms with Gasteiger partial charge in [0.2, 0.25) is 5.91 Å². The molecule has 0 radical (unpaired) electrons. The third-order valence-electron chi connectivity index (χ3n) is 4.44. The maximum atomic E-state index is 12.0. The number of primary amides is 1. The zero-order valence-corrected chi connectivity index (χ0v) is 15.7. The summed E-state index contributed by atoms with van der Waals surface area (Å²) < 4.78 is 0. The number of nitrogens with zero attached hydrogens (tertiary/aromatic N) is 2. The Kier molecular flexibility index (Phi) is 5.39. The summed E-state index contributed by atoms with van der Waals surface area (Å²) in [7, 11) is 0. The van der Waals surface area contributed by atoms with Gasteiger partial charge in [-0.15, -0.1) is 0 Å². The van der Waals surface area contributed by atoms with Crippen molar-refractivity contribution in [2.75, 3.05) is 11.1 Å². The van der Waals surface area contributed by atoms with Crippen molar-refractivity contribution in [3.05, 3.63) is 48.2 Å². The minimum absolute atomic E-state index is 0.321. The van der Waals surface area contributed by atoms with Gasteiger partial charge in [0.25, 0.3) is 0 Å². The minimum atomic E-state index is -0.794. The standard InChI is InChI=1S/C20H22N6O2/c1-3-12-6-4-5-7-14(12)16-8-13-9-17(23-10-15(13)18(21)25-16)26-20(28)24-11(2)19(22)27/h4-11H,3H2,1-2H3,(H2,21,25)(H2,22,27)(H2,23,24,26,28)/t11-/m0/s1. The SMILES string of the molecule is CCc1ccccc1-c1cc2cc(NC(=O)N[C@@H](C)C(N)=O)ncc2c(N)n1. The number of rotatable bonds is 5. The van der Waals surface area contributed by atoms with Gasteiger partial charge in [0.1, 0.15) is 17.7 Å². The molecule has 0 bridgehead atoms. The second-order valence-corrected chi connectivity index (χ2v) is 6.42. The summed E-state index contributed by atoms with van der Waals surface area (Å²) >= 11 is 0. The molecular formula is C20H22N6O2. The van der Waals surface area contributed by atoms with Gasteiger partial charge in [-0.2, -0.15) is 0 Å². The largest absolute Gasteiger partial charge is 0.383 e. The van der Waals surface area contributed by atoms with Crippen LogP contribution in [-0.4, -0.2) is 27.9 Å². The van der Waals surface area contributed by atoms with E-state index in [1.54, 1.807) is 12.3 Å². The normalized spacial score (nSPS) is 11.8. The molecule has 3 aromatic rings. The summed E-state index contributed by atoms with van der Waals surface area (Å²) in [5, 5.41) is 6.51. The van der Waals surface area contributed by atoms with Crippen molar-refractivity contribution in [1.29, 1.82) is 0 Å². The predicted octanol–water partition coefficient (Wildman–Crippen LogP) is 2.44. The number of urea groups is 1. The first-order chi connectivity index (χ1) is 13.4. The first-order valence-electron chi connectivity index (χ1n) is 8.90. The van der Waals surface area contributed by atoms with E-state index in [1.807, 2.05) is 24.3 Å². The second-order valence-electron chi connectivity index (χ2n) is 6.42. The van der Waals surface area contributed by atoms with Gasteiger partial charge in [0.15, 0.2) is 0 Å². The molecule has 1 aromatic carbocycles. The first-order valence-corrected chi connectivity index (χ1v) is 8.90. The van der Waals surface area contributed by atoms with E-state index in [4.69, 9.17) is 11.5 Å². The van der Waals surface area contributed by atoms with E-state index >= 15 is 0 Å². The van der Waals surface area contributed by atoms with Crippen LogP contribution in [0.5, 0.6) is 0 Å². The lowest BCUT2D eigenvalue weighted by atomic mass is 10.0. The number of anilines is 2. The second kappa shape index (κ2) is 7.91. The fourth-order valence-electron chi connectivity index (χ4n) is 2.88. The van der Waals surface area contributed by atoms with Crippen molar-refractivity contribution >= 4 is 34.3 Å². The van der Waals surface area contributed by atoms with E-state index < -0.39 is 18.0 Å². The van der Waals surface area contributed by atoms with Gasteiger partial charge < -0.3 is 16.8 Å². The lowest BCUT2D eigenvalue weighted by Gasteiger charge is -2.12. The number of aromatic nitrogens is 2. The van der Waals surface area contributed by atoms with Crippen molar-refractivity contribution in [2.24, 2.45) is 5.73 Å². The molecular weight excluding hydrogens is 356 g/mol. The fourth-order valence-corrected chi connectivity index (χ4v) is 2.88. The maximum absolute atomic E-state index is 12.0. The van der Waals surface area contributed by atoms with Crippen LogP contribution in [0, 0.1) is 0 Å². The van der Waals surface area contributed by atoms with E-state index in [9.17, 15) is 9.59 Å². The van der Waals surface area contributed by atoms with Crippen molar-refractivity contribution in [1.82, 2.24) is 15.3 Å². The smallest absolute Gasteiger partial charge is 0.321 e. The molecule has 0 aliphatic carbocycles. The van der Waals surface area contributed by atoms with E-state index in [1.165, 1.54) is 12.5 Å². The molecule has 144 valence electrons. The number of carbonyl (C=O) groups is 2. The third kappa shape index (κ3) is 4.01. The summed E-state index contributed by atoms with van der Waals surface area (Å²) in [5.41, 5.74) is 14.2. The van der Waals surface area contributed by atoms with E-state index in [2.05, 4.69) is 33.6 Å². The molecule has 3 amide bonds. The first kappa shape index (κ1) is 19.1. The van der Waals surface area contributed by atoms with Crippen LogP contribution in [0.25, 0.3) is 22.0 Å². The topological polar surface area (TPSA) is 136 Å². The van der Waals surface area contributed by atoms with Gasteiger partial charge in [-0.25, -0.2) is 14.8 Å². The van der Waals surface area contributed by atoms with Gasteiger partial charge in [-0.3, -0.25) is 10.1 Å². The molecule has 28 heavy (non-hydrogen) atoms. The number of aryl methyl sites for hydroxylation is 1. The van der Waals surface area contributed by atoms with Gasteiger partial charge in [-0.1, -0.05) is 31.2 Å². The molecule has 0 aliphatic heterocycles. The van der Waals surface area contributed by atoms with Crippen LogP contribution in [0.2, 0.25) is 0 Å². The molecule has 1 atom stereocenters. The molecule has 6 N–H and O–H groups in total. The van der Waals surface area contributed by atoms with Crippen LogP contribution < -0.4 is 22.1 Å². The van der Waals surface area contributed by atoms with E-state index in [-0.39, 0.29) is 0 Å². The van der Waals surface area contributed by atoms with Gasteiger partial charge in [-0.05, 0) is 36.4 Å². The monoisotopic (exact) mass is 378 g/mol. The number of fused-ring (bicyclic) bond motifs is 1. The van der Waals surface area contributed by atoms with Gasteiger partial charge >= 0.3 is 6.03 Å². The Morgan fingerprint density at radius 3 is 2.68 bits per heavy atom. The highest BCUT2D eigenvalue weighted by atomic mass is 16.2. The summed E-state index contributed by atoms with van der Waals surface area (Å²) in [5.74, 6) is 0.0611. The minimum Gasteiger partial charge on any atom is -0.383 e. The number of hydrogen-bond donors (Lipinski definition) is 4. The Morgan fingerprint density at radius 2 is 1.96 bits per heavy atom. The average Bonchev–Trinajstić information content (AvgIpc) is 2.67. The van der Waals surface area contributed by atoms with Crippen molar-refractivity contribution in [3.63, 3.8) is 0 Å². The van der Waals surface area contributed by atoms with Gasteiger partial charge in [0.05, 0.1) is 5.69 Å². The predicted molar refractivity (Wildman–Crippen MR) is 110 cm³/mol. The number of carbonyl (C=O) groups excluding carboxylic acids is 2. The number of benzene rings is 1. The maximum Gasteiger partial charge on any atom is 0.321 e. The quantitative estimate of drug-likeness (QED) is 0.540. The number of amides is 3. The summed E-state index contributed by atoms with van der Waals surface area (Å²) in [6, 6.07) is 10.3. The number of nitrogen functional groups attached to an aromatic ring is 1. The van der Waals surface area contributed by atoms with Crippen molar-refractivity contribution in [3.8, 4) is 11.3 Å². The zero-order valence-electron chi connectivity index (χ0n) is 15.7. The molecule has 0 unspecified atom stereocenters. The lowest BCUT2D eigenvalue weighted by molar-refractivity contribution is -0.119. The molecule has 0 fully saturated rings. The van der Waals surface area contributed by atoms with Crippen LogP contribution in [-0.2, 0) is 11.2 Å². The van der Waals surface area contributed by atoms with Crippen molar-refractivity contribution in [2.45, 2.75) is 26.3 Å². The molecule has 0 saturated heterocycles. The Labute approximate surface area is 162 Å². The lowest BCUT2D eigenvalue weighted by Crippen LogP contribution is -2.44. The van der Waals surface area contributed by atoms with E-state index in [0.29, 0.717) is 17.0 Å². The third-order valence-corrected chi connectivity index (χ3v) is 4.44. The van der Waals surface area contributed by atoms with Crippen LogP contribution in [0.4, 0.5) is 16.4 Å². The van der Waals surface area contributed by atoms with Gasteiger partial charge in [0, 0.05) is 17.1 Å². The molecule has 2 aromatic heterocycles. The molecule has 2 heterocycles. The Hall–Kier alpha value is -3.68. The molecule has 0 spiro atoms. The molecule has 0 aliphatic rings. The molecule has 0 saturated carbocycles. The number of hydrogen-bond acceptors (Lipinski definition) is 5. The van der Waals surface area contributed by atoms with Crippen LogP contribution in [0.3, 0.4) is 0 Å². The van der Waals surface area contributed by atoms with Crippen LogP contribution in [0.1, 0.15) is 19.4 Å². The Balaban J connectivity index is 1.95. The average molecular weight is 378 g/mol. The summed E-state index contributed by atoms with van der Waals surface area (Å²) in [4.78, 5) is 31.8. The number of pyridine rings is 2. The number of nitrogens with two attached hydrogens (primary N) is 2. The highest BCUT2D eigenvalue weighted by Gasteiger charge is 2.14. The van der Waals surface area contributed by atoms with E-state index in [0.717, 1.165) is 23.1 Å². The number of nitrogens with one attached hydrogen (secondary N) is 2. The van der Waals surface area contributed by atoms with Crippen molar-refractivity contribution < 1.29 is 9.59 Å². The highest BCUT2D eigenvalue weighted by Crippen LogP contribution is 2.29. The summed E-state index contributed by atoms with van der Waals surface area (Å²) in [6.45, 7) is 3.58. The Bertz CT molecular complexity index is 1050. The summed E-state index contributed by atoms with van der Waals surface area (Å²) in [6.07, 6.45) is 2.43. The van der Waals surface area contributed by atoms with Crippen LogP contribution in [0.15, 0.2) is 42.6 Å². The molecule has 8 heteroatoms. The Morgan fingerprint density at radius 1 is 1.21 bits per heavy atom. The highest BCUT2D eigenvalue weighted by molar-refractivity contribution is 5.97. The fraction of sp³-hybridized carbons (Fsp3) is 0.200. The molecule has 8 nitrogen and oxygen atoms in total. The zero-order chi connectivity index (χ0) is 20.3.